The van der Waals surface area contributed by atoms with Crippen molar-refractivity contribution >= 4 is 29.1 Å². The normalized spacial score (nSPS) is 10.0. The number of ether oxygens (including phenoxy) is 1. The lowest BCUT2D eigenvalue weighted by Crippen LogP contribution is -2.14. The topological polar surface area (TPSA) is 81.4 Å². The first-order chi connectivity index (χ1) is 10.0. The summed E-state index contributed by atoms with van der Waals surface area (Å²) in [6.45, 7) is 0. The first kappa shape index (κ1) is 14.9. The van der Waals surface area contributed by atoms with Gasteiger partial charge in [-0.2, -0.15) is 0 Å². The smallest absolute Gasteiger partial charge is 0.255 e. The van der Waals surface area contributed by atoms with Crippen LogP contribution in [0.4, 0.5) is 5.69 Å². The number of hydrogen-bond donors (Lipinski definition) is 2. The van der Waals surface area contributed by atoms with Crippen molar-refractivity contribution in [2.45, 2.75) is 0 Å². The second-order valence-electron chi connectivity index (χ2n) is 4.25. The van der Waals surface area contributed by atoms with Crippen molar-refractivity contribution in [3.63, 3.8) is 0 Å². The van der Waals surface area contributed by atoms with Gasteiger partial charge >= 0.3 is 0 Å². The van der Waals surface area contributed by atoms with Crippen LogP contribution in [-0.4, -0.2) is 18.9 Å². The zero-order chi connectivity index (χ0) is 15.4. The molecular weight excluding hydrogens is 292 g/mol. The molecule has 2 rings (SSSR count). The van der Waals surface area contributed by atoms with E-state index in [-0.39, 0.29) is 5.91 Å². The molecule has 0 fully saturated rings. The average molecular weight is 305 g/mol. The number of nitrogens with one attached hydrogen (secondary N) is 1. The van der Waals surface area contributed by atoms with Crippen LogP contribution in [0.3, 0.4) is 0 Å². The lowest BCUT2D eigenvalue weighted by atomic mass is 10.1. The van der Waals surface area contributed by atoms with Crippen molar-refractivity contribution in [2.24, 2.45) is 5.73 Å². The highest BCUT2D eigenvalue weighted by Crippen LogP contribution is 2.27. The Bertz CT molecular complexity index is 684. The van der Waals surface area contributed by atoms with Gasteiger partial charge in [0.25, 0.3) is 5.91 Å². The number of rotatable bonds is 4. The Hall–Kier alpha value is -2.53. The van der Waals surface area contributed by atoms with E-state index in [4.69, 9.17) is 22.1 Å². The summed E-state index contributed by atoms with van der Waals surface area (Å²) < 4.78 is 5.04. The number of methoxy groups -OCH3 is 1. The maximum atomic E-state index is 12.1. The third kappa shape index (κ3) is 3.52. The van der Waals surface area contributed by atoms with Crippen LogP contribution in [0, 0.1) is 0 Å². The first-order valence-corrected chi connectivity index (χ1v) is 6.44. The van der Waals surface area contributed by atoms with Crippen molar-refractivity contribution in [1.29, 1.82) is 0 Å². The molecule has 0 saturated heterocycles. The average Bonchev–Trinajstić information content (AvgIpc) is 2.47. The van der Waals surface area contributed by atoms with Crippen LogP contribution in [0.2, 0.25) is 5.02 Å². The molecule has 2 aromatic carbocycles. The predicted octanol–water partition coefficient (Wildman–Crippen LogP) is 2.70. The Kier molecular flexibility index (Phi) is 4.45. The molecule has 0 saturated carbocycles. The van der Waals surface area contributed by atoms with Crippen LogP contribution in [0.5, 0.6) is 5.75 Å². The second kappa shape index (κ2) is 6.28. The fourth-order valence-corrected chi connectivity index (χ4v) is 1.99. The van der Waals surface area contributed by atoms with E-state index in [1.165, 1.54) is 31.4 Å². The summed E-state index contributed by atoms with van der Waals surface area (Å²) in [6, 6.07) is 11.0. The minimum Gasteiger partial charge on any atom is -0.495 e. The standard InChI is InChI=1S/C15H13ClN2O3/c1-21-13-7-6-11(8-12(13)16)18-15(20)10-4-2-9(3-5-10)14(17)19/h2-8H,1H3,(H2,17,19)(H,18,20). The molecule has 0 heterocycles. The van der Waals surface area contributed by atoms with Crippen LogP contribution in [0.1, 0.15) is 20.7 Å². The van der Waals surface area contributed by atoms with E-state index in [1.54, 1.807) is 18.2 Å². The van der Waals surface area contributed by atoms with Gasteiger partial charge in [-0.15, -0.1) is 0 Å². The van der Waals surface area contributed by atoms with Crippen molar-refractivity contribution in [2.75, 3.05) is 12.4 Å². The lowest BCUT2D eigenvalue weighted by Gasteiger charge is -2.08. The summed E-state index contributed by atoms with van der Waals surface area (Å²) in [5.41, 5.74) is 6.44. The molecule has 0 aliphatic heterocycles. The third-order valence-corrected chi connectivity index (χ3v) is 3.14. The van der Waals surface area contributed by atoms with Crippen LogP contribution in [-0.2, 0) is 0 Å². The zero-order valence-corrected chi connectivity index (χ0v) is 12.0. The van der Waals surface area contributed by atoms with Crippen LogP contribution in [0.15, 0.2) is 42.5 Å². The molecule has 108 valence electrons. The summed E-state index contributed by atoms with van der Waals surface area (Å²) in [4.78, 5) is 23.0. The van der Waals surface area contributed by atoms with Gasteiger partial charge < -0.3 is 15.8 Å². The molecule has 0 unspecified atom stereocenters. The second-order valence-corrected chi connectivity index (χ2v) is 4.65. The summed E-state index contributed by atoms with van der Waals surface area (Å²) in [5, 5.41) is 3.11. The van der Waals surface area contributed by atoms with Crippen molar-refractivity contribution < 1.29 is 14.3 Å². The maximum Gasteiger partial charge on any atom is 0.255 e. The fourth-order valence-electron chi connectivity index (χ4n) is 1.73. The molecule has 0 aliphatic rings. The van der Waals surface area contributed by atoms with Gasteiger partial charge in [-0.3, -0.25) is 9.59 Å². The number of hydrogen-bond acceptors (Lipinski definition) is 3. The highest BCUT2D eigenvalue weighted by molar-refractivity contribution is 6.32. The van der Waals surface area contributed by atoms with E-state index in [0.717, 1.165) is 0 Å². The summed E-state index contributed by atoms with van der Waals surface area (Å²) in [6.07, 6.45) is 0. The zero-order valence-electron chi connectivity index (χ0n) is 11.2. The van der Waals surface area contributed by atoms with E-state index in [1.807, 2.05) is 0 Å². The van der Waals surface area contributed by atoms with Gasteiger partial charge in [0.05, 0.1) is 12.1 Å². The number of nitrogens with two attached hydrogens (primary N) is 1. The van der Waals surface area contributed by atoms with Gasteiger partial charge in [0.1, 0.15) is 5.75 Å². The summed E-state index contributed by atoms with van der Waals surface area (Å²) in [5.74, 6) is -0.323. The number of benzene rings is 2. The Labute approximate surface area is 126 Å². The van der Waals surface area contributed by atoms with E-state index in [9.17, 15) is 9.59 Å². The molecule has 6 heteroatoms. The Morgan fingerprint density at radius 3 is 2.24 bits per heavy atom. The van der Waals surface area contributed by atoms with Gasteiger partial charge in [0, 0.05) is 16.8 Å². The highest BCUT2D eigenvalue weighted by Gasteiger charge is 2.09. The number of anilines is 1. The third-order valence-electron chi connectivity index (χ3n) is 2.84. The number of carbonyl (C=O) groups is 2. The van der Waals surface area contributed by atoms with E-state index < -0.39 is 5.91 Å². The summed E-state index contributed by atoms with van der Waals surface area (Å²) >= 11 is 5.99. The molecule has 0 aromatic heterocycles. The van der Waals surface area contributed by atoms with E-state index >= 15 is 0 Å². The number of carbonyl (C=O) groups excluding carboxylic acids is 2. The summed E-state index contributed by atoms with van der Waals surface area (Å²) in [7, 11) is 1.51. The minimum absolute atomic E-state index is 0.313. The minimum atomic E-state index is -0.538. The van der Waals surface area contributed by atoms with Crippen LogP contribution >= 0.6 is 11.6 Å². The molecule has 0 radical (unpaired) electrons. The Morgan fingerprint density at radius 1 is 1.10 bits per heavy atom. The SMILES string of the molecule is COc1ccc(NC(=O)c2ccc(C(N)=O)cc2)cc1Cl. The number of primary amides is 1. The molecule has 0 bridgehead atoms. The first-order valence-electron chi connectivity index (χ1n) is 6.06. The van der Waals surface area contributed by atoms with Crippen molar-refractivity contribution in [1.82, 2.24) is 0 Å². The molecule has 0 atom stereocenters. The van der Waals surface area contributed by atoms with E-state index in [0.29, 0.717) is 27.6 Å². The Morgan fingerprint density at radius 2 is 1.71 bits per heavy atom. The quantitative estimate of drug-likeness (QED) is 0.911. The largest absolute Gasteiger partial charge is 0.495 e. The van der Waals surface area contributed by atoms with Gasteiger partial charge in [-0.1, -0.05) is 11.6 Å². The predicted molar refractivity (Wildman–Crippen MR) is 80.9 cm³/mol. The van der Waals surface area contributed by atoms with Gasteiger partial charge in [-0.25, -0.2) is 0 Å². The molecule has 0 aliphatic carbocycles. The lowest BCUT2D eigenvalue weighted by molar-refractivity contribution is 0.0995. The molecule has 2 aromatic rings. The van der Waals surface area contributed by atoms with Crippen LogP contribution in [0.25, 0.3) is 0 Å². The van der Waals surface area contributed by atoms with Crippen LogP contribution < -0.4 is 15.8 Å². The molecule has 0 spiro atoms. The van der Waals surface area contributed by atoms with Crippen molar-refractivity contribution in [3.8, 4) is 5.75 Å². The van der Waals surface area contributed by atoms with Gasteiger partial charge in [0.2, 0.25) is 5.91 Å². The highest BCUT2D eigenvalue weighted by atomic mass is 35.5. The molecular formula is C15H13ClN2O3. The molecule has 5 nitrogen and oxygen atoms in total. The van der Waals surface area contributed by atoms with Gasteiger partial charge in [0.15, 0.2) is 0 Å². The maximum absolute atomic E-state index is 12.1. The molecule has 21 heavy (non-hydrogen) atoms. The fraction of sp³-hybridized carbons (Fsp3) is 0.0667. The number of amides is 2. The number of halogens is 1. The van der Waals surface area contributed by atoms with E-state index in [2.05, 4.69) is 5.32 Å². The molecule has 2 amide bonds. The van der Waals surface area contributed by atoms with Gasteiger partial charge in [-0.05, 0) is 42.5 Å². The monoisotopic (exact) mass is 304 g/mol. The Balaban J connectivity index is 2.14. The molecule has 3 N–H and O–H groups in total. The van der Waals surface area contributed by atoms with Crippen molar-refractivity contribution in [3.05, 3.63) is 58.6 Å².